The first-order chi connectivity index (χ1) is 8.12. The van der Waals surface area contributed by atoms with Crippen LogP contribution in [0.15, 0.2) is 29.2 Å². The Hall–Kier alpha value is -0.610. The molecule has 1 aromatic carbocycles. The van der Waals surface area contributed by atoms with E-state index < -0.39 is 11.3 Å². The molecule has 0 radical (unpaired) electrons. The molecular weight excluding hydrogens is 240 g/mol. The molecule has 17 heavy (non-hydrogen) atoms. The summed E-state index contributed by atoms with van der Waals surface area (Å²) in [6.45, 7) is 0. The van der Waals surface area contributed by atoms with E-state index in [0.29, 0.717) is 16.7 Å². The van der Waals surface area contributed by atoms with E-state index in [0.717, 1.165) is 31.2 Å². The van der Waals surface area contributed by atoms with Gasteiger partial charge in [0, 0.05) is 10.4 Å². The zero-order valence-electron chi connectivity index (χ0n) is 9.66. The Bertz CT molecular complexity index is 375. The Labute approximate surface area is 105 Å². The van der Waals surface area contributed by atoms with E-state index in [9.17, 15) is 8.78 Å². The van der Waals surface area contributed by atoms with Crippen molar-refractivity contribution in [3.63, 3.8) is 0 Å². The first-order valence-electron chi connectivity index (χ1n) is 5.95. The second kappa shape index (κ2) is 5.36. The predicted octanol–water partition coefficient (Wildman–Crippen LogP) is 4.12. The fraction of sp³-hybridized carbons (Fsp3) is 0.538. The molecule has 94 valence electrons. The third-order valence-corrected chi connectivity index (χ3v) is 4.17. The van der Waals surface area contributed by atoms with Crippen molar-refractivity contribution >= 4 is 11.8 Å². The molecule has 0 amide bonds. The number of benzene rings is 1. The topological polar surface area (TPSA) is 26.0 Å². The summed E-state index contributed by atoms with van der Waals surface area (Å²) in [5.74, 6) is -2.39. The van der Waals surface area contributed by atoms with Crippen LogP contribution < -0.4 is 5.73 Å². The summed E-state index contributed by atoms with van der Waals surface area (Å²) in [5, 5.41) is 0. The van der Waals surface area contributed by atoms with Crippen molar-refractivity contribution in [2.75, 3.05) is 0 Å². The summed E-state index contributed by atoms with van der Waals surface area (Å²) in [4.78, 5) is 0.631. The molecule has 2 N–H and O–H groups in total. The highest BCUT2D eigenvalue weighted by atomic mass is 32.2. The molecule has 0 unspecified atom stereocenters. The number of hydrogen-bond acceptors (Lipinski definition) is 2. The molecule has 0 saturated heterocycles. The maximum absolute atomic E-state index is 12.5. The van der Waals surface area contributed by atoms with Crippen molar-refractivity contribution in [3.8, 4) is 0 Å². The van der Waals surface area contributed by atoms with Gasteiger partial charge in [0.25, 0.3) is 5.76 Å². The van der Waals surface area contributed by atoms with E-state index in [1.165, 1.54) is 6.42 Å². The van der Waals surface area contributed by atoms with Gasteiger partial charge < -0.3 is 5.73 Å². The highest BCUT2D eigenvalue weighted by molar-refractivity contribution is 7.99. The Morgan fingerprint density at radius 1 is 1.12 bits per heavy atom. The van der Waals surface area contributed by atoms with Gasteiger partial charge in [0.05, 0.1) is 0 Å². The largest absolute Gasteiger partial charge is 0.321 e. The average molecular weight is 257 g/mol. The lowest BCUT2D eigenvalue weighted by molar-refractivity contribution is 0.251. The van der Waals surface area contributed by atoms with Gasteiger partial charge in [-0.25, -0.2) is 0 Å². The molecule has 1 nitrogen and oxygen atoms in total. The van der Waals surface area contributed by atoms with Crippen LogP contribution in [0, 0.1) is 0 Å². The summed E-state index contributed by atoms with van der Waals surface area (Å²) in [7, 11) is 0. The summed E-state index contributed by atoms with van der Waals surface area (Å²) in [6, 6.07) is 7.32. The van der Waals surface area contributed by atoms with Gasteiger partial charge in [0.2, 0.25) is 0 Å². The Kier molecular flexibility index (Phi) is 4.05. The quantitative estimate of drug-likeness (QED) is 0.824. The first-order valence-corrected chi connectivity index (χ1v) is 6.83. The van der Waals surface area contributed by atoms with E-state index in [1.807, 2.05) is 12.1 Å². The van der Waals surface area contributed by atoms with E-state index >= 15 is 0 Å². The number of rotatable bonds is 3. The second-order valence-corrected chi connectivity index (χ2v) is 5.62. The van der Waals surface area contributed by atoms with Gasteiger partial charge in [0.15, 0.2) is 0 Å². The van der Waals surface area contributed by atoms with Gasteiger partial charge in [-0.15, -0.1) is 0 Å². The van der Waals surface area contributed by atoms with Crippen LogP contribution in [-0.2, 0) is 5.54 Å². The third kappa shape index (κ3) is 2.99. The molecule has 1 saturated carbocycles. The molecule has 1 aliphatic carbocycles. The van der Waals surface area contributed by atoms with Crippen LogP contribution in [0.5, 0.6) is 0 Å². The number of hydrogen-bond donors (Lipinski definition) is 1. The number of alkyl halides is 2. The van der Waals surface area contributed by atoms with E-state index in [-0.39, 0.29) is 0 Å². The molecule has 4 heteroatoms. The number of thioether (sulfide) groups is 1. The Morgan fingerprint density at radius 3 is 2.41 bits per heavy atom. The van der Waals surface area contributed by atoms with Gasteiger partial charge in [-0.05, 0) is 24.5 Å². The molecule has 0 heterocycles. The normalized spacial score (nSPS) is 19.5. The van der Waals surface area contributed by atoms with Crippen LogP contribution in [0.3, 0.4) is 0 Å². The van der Waals surface area contributed by atoms with Gasteiger partial charge in [-0.3, -0.25) is 0 Å². The van der Waals surface area contributed by atoms with Crippen LogP contribution in [0.25, 0.3) is 0 Å². The molecule has 0 bridgehead atoms. The lowest BCUT2D eigenvalue weighted by atomic mass is 9.77. The molecule has 0 aromatic heterocycles. The van der Waals surface area contributed by atoms with E-state index in [2.05, 4.69) is 0 Å². The summed E-state index contributed by atoms with van der Waals surface area (Å²) in [5.41, 5.74) is 6.89. The second-order valence-electron chi connectivity index (χ2n) is 4.59. The summed E-state index contributed by atoms with van der Waals surface area (Å²) < 4.78 is 25.0. The molecule has 1 aliphatic rings. The van der Waals surface area contributed by atoms with E-state index in [1.54, 1.807) is 12.1 Å². The van der Waals surface area contributed by atoms with Crippen LogP contribution in [0.2, 0.25) is 0 Å². The maximum Gasteiger partial charge on any atom is 0.288 e. The highest BCUT2D eigenvalue weighted by Gasteiger charge is 2.31. The predicted molar refractivity (Wildman–Crippen MR) is 67.3 cm³/mol. The summed E-state index contributed by atoms with van der Waals surface area (Å²) in [6.07, 6.45) is 5.17. The van der Waals surface area contributed by atoms with Gasteiger partial charge in [-0.1, -0.05) is 49.2 Å². The standard InChI is InChI=1S/C13H17F2NS/c14-12(15)17-11-7-3-2-6-10(11)13(16)8-4-1-5-9-13/h2-3,6-7,12H,1,4-5,8-9,16H2. The molecule has 1 aromatic rings. The molecule has 0 aliphatic heterocycles. The fourth-order valence-electron chi connectivity index (χ4n) is 2.53. The number of nitrogens with two attached hydrogens (primary N) is 1. The lowest BCUT2D eigenvalue weighted by Crippen LogP contribution is -2.39. The summed E-state index contributed by atoms with van der Waals surface area (Å²) >= 11 is 0.604. The van der Waals surface area contributed by atoms with Crippen molar-refractivity contribution < 1.29 is 8.78 Å². The van der Waals surface area contributed by atoms with Crippen molar-refractivity contribution in [1.82, 2.24) is 0 Å². The molecule has 2 rings (SSSR count). The highest BCUT2D eigenvalue weighted by Crippen LogP contribution is 2.40. The monoisotopic (exact) mass is 257 g/mol. The zero-order valence-corrected chi connectivity index (χ0v) is 10.5. The Balaban J connectivity index is 2.29. The smallest absolute Gasteiger partial charge is 0.288 e. The first kappa shape index (κ1) is 12.8. The minimum atomic E-state index is -2.39. The maximum atomic E-state index is 12.5. The minimum Gasteiger partial charge on any atom is -0.321 e. The van der Waals surface area contributed by atoms with Crippen LogP contribution in [0.1, 0.15) is 37.7 Å². The van der Waals surface area contributed by atoms with Gasteiger partial charge >= 0.3 is 0 Å². The number of halogens is 2. The minimum absolute atomic E-state index is 0.406. The zero-order chi connectivity index (χ0) is 12.3. The molecular formula is C13H17F2NS. The van der Waals surface area contributed by atoms with Crippen molar-refractivity contribution in [3.05, 3.63) is 29.8 Å². The van der Waals surface area contributed by atoms with Crippen LogP contribution >= 0.6 is 11.8 Å². The van der Waals surface area contributed by atoms with Crippen molar-refractivity contribution in [2.24, 2.45) is 5.73 Å². The average Bonchev–Trinajstić information content (AvgIpc) is 2.30. The third-order valence-electron chi connectivity index (χ3n) is 3.39. The fourth-order valence-corrected chi connectivity index (χ4v) is 3.28. The van der Waals surface area contributed by atoms with Crippen LogP contribution in [0.4, 0.5) is 8.78 Å². The molecule has 0 atom stereocenters. The lowest BCUT2D eigenvalue weighted by Gasteiger charge is -2.35. The Morgan fingerprint density at radius 2 is 1.76 bits per heavy atom. The molecule has 0 spiro atoms. The van der Waals surface area contributed by atoms with Crippen molar-refractivity contribution in [1.29, 1.82) is 0 Å². The van der Waals surface area contributed by atoms with Crippen LogP contribution in [-0.4, -0.2) is 5.76 Å². The molecule has 1 fully saturated rings. The van der Waals surface area contributed by atoms with Gasteiger partial charge in [-0.2, -0.15) is 8.78 Å². The van der Waals surface area contributed by atoms with Gasteiger partial charge in [0.1, 0.15) is 0 Å². The SMILES string of the molecule is NC1(c2ccccc2SC(F)F)CCCCC1. The van der Waals surface area contributed by atoms with Crippen molar-refractivity contribution in [2.45, 2.75) is 48.3 Å². The van der Waals surface area contributed by atoms with E-state index in [4.69, 9.17) is 5.73 Å².